The van der Waals surface area contributed by atoms with Crippen molar-refractivity contribution in [3.63, 3.8) is 0 Å². The second-order valence-corrected chi connectivity index (χ2v) is 6.51. The molecule has 0 amide bonds. The molecular formula is C11H10F3N2O5P. The monoisotopic (exact) mass is 338 g/mol. The highest BCUT2D eigenvalue weighted by molar-refractivity contribution is 7.51. The SMILES string of the molecule is CC(n1c(=O)c(=O)[nH]c2cc(C(F)(F)F)ccc21)P(=O)(O)O. The first-order valence-corrected chi connectivity index (χ1v) is 7.52. The molecule has 2 aromatic rings. The Morgan fingerprint density at radius 1 is 1.27 bits per heavy atom. The molecule has 0 spiro atoms. The number of fused-ring (bicyclic) bond motifs is 1. The van der Waals surface area contributed by atoms with Gasteiger partial charge in [0, 0.05) is 0 Å². The highest BCUT2D eigenvalue weighted by Gasteiger charge is 2.32. The van der Waals surface area contributed by atoms with E-state index in [0.29, 0.717) is 16.7 Å². The first-order valence-electron chi connectivity index (χ1n) is 5.84. The summed E-state index contributed by atoms with van der Waals surface area (Å²) >= 11 is 0. The van der Waals surface area contributed by atoms with Crippen molar-refractivity contribution < 1.29 is 27.5 Å². The van der Waals surface area contributed by atoms with Crippen molar-refractivity contribution in [1.82, 2.24) is 9.55 Å². The van der Waals surface area contributed by atoms with Crippen LogP contribution in [-0.4, -0.2) is 19.3 Å². The van der Waals surface area contributed by atoms with Crippen LogP contribution < -0.4 is 11.1 Å². The molecule has 0 aliphatic rings. The van der Waals surface area contributed by atoms with E-state index in [1.807, 2.05) is 4.98 Å². The number of aromatic nitrogens is 2. The van der Waals surface area contributed by atoms with Gasteiger partial charge in [-0.15, -0.1) is 0 Å². The molecule has 120 valence electrons. The van der Waals surface area contributed by atoms with Gasteiger partial charge in [0.1, 0.15) is 5.78 Å². The van der Waals surface area contributed by atoms with Crippen molar-refractivity contribution in [3.8, 4) is 0 Å². The lowest BCUT2D eigenvalue weighted by Crippen LogP contribution is -2.37. The number of aromatic amines is 1. The molecule has 1 unspecified atom stereocenters. The van der Waals surface area contributed by atoms with Crippen LogP contribution in [-0.2, 0) is 10.7 Å². The minimum Gasteiger partial charge on any atom is -0.323 e. The van der Waals surface area contributed by atoms with Crippen molar-refractivity contribution in [1.29, 1.82) is 0 Å². The predicted octanol–water partition coefficient (Wildman–Crippen LogP) is 1.40. The molecule has 11 heteroatoms. The van der Waals surface area contributed by atoms with Gasteiger partial charge in [0.2, 0.25) is 0 Å². The Hall–Kier alpha value is -1.90. The van der Waals surface area contributed by atoms with Gasteiger partial charge in [-0.05, 0) is 25.1 Å². The van der Waals surface area contributed by atoms with E-state index >= 15 is 0 Å². The summed E-state index contributed by atoms with van der Waals surface area (Å²) in [4.78, 5) is 43.6. The zero-order valence-electron chi connectivity index (χ0n) is 11.0. The molecular weight excluding hydrogens is 328 g/mol. The van der Waals surface area contributed by atoms with Crippen LogP contribution in [0.5, 0.6) is 0 Å². The van der Waals surface area contributed by atoms with Crippen LogP contribution in [0.25, 0.3) is 11.0 Å². The number of nitrogens with zero attached hydrogens (tertiary/aromatic N) is 1. The standard InChI is InChI=1S/C11H10F3N2O5P/c1-5(22(19,20)21)16-8-3-2-6(11(12,13)14)4-7(8)15-9(17)10(16)18/h2-5H,1H3,(H,15,17)(H2,19,20,21). The number of H-pyrrole nitrogens is 1. The van der Waals surface area contributed by atoms with Crippen LogP contribution in [0.2, 0.25) is 0 Å². The van der Waals surface area contributed by atoms with Gasteiger partial charge in [0.05, 0.1) is 16.6 Å². The average Bonchev–Trinajstić information content (AvgIpc) is 2.37. The van der Waals surface area contributed by atoms with Crippen LogP contribution in [0.4, 0.5) is 13.2 Å². The minimum atomic E-state index is -4.79. The predicted molar refractivity (Wildman–Crippen MR) is 70.6 cm³/mol. The van der Waals surface area contributed by atoms with Crippen LogP contribution >= 0.6 is 7.60 Å². The summed E-state index contributed by atoms with van der Waals surface area (Å²) < 4.78 is 49.8. The van der Waals surface area contributed by atoms with Gasteiger partial charge in [0.25, 0.3) is 0 Å². The van der Waals surface area contributed by atoms with E-state index in [0.717, 1.165) is 13.0 Å². The van der Waals surface area contributed by atoms with Crippen LogP contribution in [0.15, 0.2) is 27.8 Å². The molecule has 0 radical (unpaired) electrons. The molecule has 22 heavy (non-hydrogen) atoms. The molecule has 0 aliphatic heterocycles. The van der Waals surface area contributed by atoms with Gasteiger partial charge in [-0.3, -0.25) is 18.7 Å². The molecule has 2 rings (SSSR count). The van der Waals surface area contributed by atoms with E-state index < -0.39 is 36.2 Å². The normalized spacial score (nSPS) is 14.3. The zero-order chi connectivity index (χ0) is 16.9. The number of benzene rings is 1. The Kier molecular flexibility index (Phi) is 3.80. The number of hydrogen-bond donors (Lipinski definition) is 3. The number of nitrogens with one attached hydrogen (secondary N) is 1. The zero-order valence-corrected chi connectivity index (χ0v) is 11.9. The Bertz CT molecular complexity index is 895. The quantitative estimate of drug-likeness (QED) is 0.566. The Labute approximate surface area is 120 Å². The second kappa shape index (κ2) is 5.08. The summed E-state index contributed by atoms with van der Waals surface area (Å²) in [5.41, 5.74) is -4.16. The van der Waals surface area contributed by atoms with E-state index in [9.17, 15) is 27.3 Å². The van der Waals surface area contributed by atoms with Crippen LogP contribution in [0, 0.1) is 0 Å². The molecule has 0 fully saturated rings. The van der Waals surface area contributed by atoms with E-state index in [1.165, 1.54) is 0 Å². The molecule has 0 aliphatic carbocycles. The third-order valence-corrected chi connectivity index (χ3v) is 4.31. The molecule has 1 aromatic heterocycles. The van der Waals surface area contributed by atoms with Crippen molar-refractivity contribution in [2.24, 2.45) is 0 Å². The molecule has 3 N–H and O–H groups in total. The van der Waals surface area contributed by atoms with Crippen molar-refractivity contribution in [2.75, 3.05) is 0 Å². The number of halogens is 3. The van der Waals surface area contributed by atoms with Crippen LogP contribution in [0.1, 0.15) is 18.3 Å². The maximum Gasteiger partial charge on any atom is 0.416 e. The Balaban J connectivity index is 2.88. The molecule has 0 bridgehead atoms. The fourth-order valence-electron chi connectivity index (χ4n) is 1.94. The van der Waals surface area contributed by atoms with Gasteiger partial charge in [-0.1, -0.05) is 0 Å². The molecule has 0 saturated carbocycles. The lowest BCUT2D eigenvalue weighted by atomic mass is 10.2. The topological polar surface area (TPSA) is 112 Å². The molecule has 7 nitrogen and oxygen atoms in total. The molecule has 1 heterocycles. The fraction of sp³-hybridized carbons (Fsp3) is 0.273. The van der Waals surface area contributed by atoms with E-state index in [1.54, 1.807) is 0 Å². The lowest BCUT2D eigenvalue weighted by molar-refractivity contribution is -0.137. The minimum absolute atomic E-state index is 0.214. The van der Waals surface area contributed by atoms with Gasteiger partial charge in [-0.2, -0.15) is 13.2 Å². The first-order chi connectivity index (χ1) is 9.93. The molecule has 1 aromatic carbocycles. The summed E-state index contributed by atoms with van der Waals surface area (Å²) in [7, 11) is -4.79. The summed E-state index contributed by atoms with van der Waals surface area (Å²) in [5, 5.41) is 0. The van der Waals surface area contributed by atoms with Gasteiger partial charge in [-0.25, -0.2) is 0 Å². The first kappa shape index (κ1) is 16.5. The summed E-state index contributed by atoms with van der Waals surface area (Å²) in [5.74, 6) is -1.69. The maximum atomic E-state index is 12.7. The summed E-state index contributed by atoms with van der Waals surface area (Å²) in [6, 6.07) is 2.13. The summed E-state index contributed by atoms with van der Waals surface area (Å²) in [6.45, 7) is 0.999. The van der Waals surface area contributed by atoms with E-state index in [2.05, 4.69) is 0 Å². The average molecular weight is 338 g/mol. The van der Waals surface area contributed by atoms with Crippen molar-refractivity contribution in [3.05, 3.63) is 44.5 Å². The molecule has 0 saturated heterocycles. The molecule has 1 atom stereocenters. The lowest BCUT2D eigenvalue weighted by Gasteiger charge is -2.19. The second-order valence-electron chi connectivity index (χ2n) is 4.58. The number of hydrogen-bond acceptors (Lipinski definition) is 3. The highest BCUT2D eigenvalue weighted by atomic mass is 31.2. The number of alkyl halides is 3. The highest BCUT2D eigenvalue weighted by Crippen LogP contribution is 2.48. The maximum absolute atomic E-state index is 12.7. The Morgan fingerprint density at radius 2 is 1.86 bits per heavy atom. The van der Waals surface area contributed by atoms with E-state index in [-0.39, 0.29) is 11.0 Å². The van der Waals surface area contributed by atoms with Gasteiger partial charge in [0.15, 0.2) is 0 Å². The van der Waals surface area contributed by atoms with Crippen molar-refractivity contribution in [2.45, 2.75) is 18.9 Å². The largest absolute Gasteiger partial charge is 0.416 e. The van der Waals surface area contributed by atoms with E-state index in [4.69, 9.17) is 9.79 Å². The number of rotatable bonds is 2. The fourth-order valence-corrected chi connectivity index (χ4v) is 2.47. The Morgan fingerprint density at radius 3 is 2.36 bits per heavy atom. The summed E-state index contributed by atoms with van der Waals surface area (Å²) in [6.07, 6.45) is -4.67. The third kappa shape index (κ3) is 2.85. The van der Waals surface area contributed by atoms with Crippen molar-refractivity contribution >= 4 is 18.6 Å². The van der Waals surface area contributed by atoms with Gasteiger partial charge >= 0.3 is 24.9 Å². The smallest absolute Gasteiger partial charge is 0.323 e. The third-order valence-electron chi connectivity index (χ3n) is 3.11. The van der Waals surface area contributed by atoms with Crippen LogP contribution in [0.3, 0.4) is 0 Å². The van der Waals surface area contributed by atoms with Gasteiger partial charge < -0.3 is 14.8 Å².